The number of fused-ring (bicyclic) bond motifs is 1. The number of carbonyl (C=O) groups excluding carboxylic acids is 1. The molecule has 1 aromatic heterocycles. The lowest BCUT2D eigenvalue weighted by Gasteiger charge is -2.33. The van der Waals surface area contributed by atoms with E-state index in [-0.39, 0.29) is 11.8 Å². The van der Waals surface area contributed by atoms with E-state index in [1.807, 2.05) is 17.5 Å². The van der Waals surface area contributed by atoms with Crippen LogP contribution in [0.1, 0.15) is 41.8 Å². The fraction of sp³-hybridized carbons (Fsp3) is 0.667. The van der Waals surface area contributed by atoms with Crippen molar-refractivity contribution in [3.05, 3.63) is 22.4 Å². The summed E-state index contributed by atoms with van der Waals surface area (Å²) in [5, 5.41) is 11.8. The van der Waals surface area contributed by atoms with Gasteiger partial charge in [-0.2, -0.15) is 0 Å². The SMILES string of the molecule is O=C(c1cccs1)N1C[C@H]2CN(C3CCCCC3)C[C@@]2(C(=O)O)C1. The van der Waals surface area contributed by atoms with Gasteiger partial charge in [0.05, 0.1) is 4.88 Å². The molecule has 6 heteroatoms. The highest BCUT2D eigenvalue weighted by Crippen LogP contribution is 2.45. The Morgan fingerprint density at radius 2 is 1.96 bits per heavy atom. The van der Waals surface area contributed by atoms with Crippen LogP contribution in [0.25, 0.3) is 0 Å². The Hall–Kier alpha value is -1.40. The number of aliphatic carboxylic acids is 1. The van der Waals surface area contributed by atoms with E-state index in [2.05, 4.69) is 4.90 Å². The summed E-state index contributed by atoms with van der Waals surface area (Å²) >= 11 is 1.43. The molecule has 0 bridgehead atoms. The molecule has 0 radical (unpaired) electrons. The molecule has 4 rings (SSSR count). The van der Waals surface area contributed by atoms with Gasteiger partial charge < -0.3 is 10.0 Å². The lowest BCUT2D eigenvalue weighted by molar-refractivity contribution is -0.148. The zero-order valence-electron chi connectivity index (χ0n) is 13.8. The summed E-state index contributed by atoms with van der Waals surface area (Å²) in [5.41, 5.74) is -0.773. The van der Waals surface area contributed by atoms with Crippen LogP contribution in [0.2, 0.25) is 0 Å². The largest absolute Gasteiger partial charge is 0.481 e. The highest BCUT2D eigenvalue weighted by molar-refractivity contribution is 7.12. The van der Waals surface area contributed by atoms with Crippen LogP contribution in [0.4, 0.5) is 0 Å². The number of hydrogen-bond donors (Lipinski definition) is 1. The molecule has 130 valence electrons. The molecule has 2 atom stereocenters. The highest BCUT2D eigenvalue weighted by Gasteiger charge is 2.59. The van der Waals surface area contributed by atoms with Crippen LogP contribution < -0.4 is 0 Å². The molecule has 2 saturated heterocycles. The molecular formula is C18H24N2O3S. The van der Waals surface area contributed by atoms with E-state index in [1.165, 1.54) is 43.4 Å². The zero-order valence-corrected chi connectivity index (χ0v) is 14.6. The predicted octanol–water partition coefficient (Wildman–Crippen LogP) is 2.54. The topological polar surface area (TPSA) is 60.9 Å². The van der Waals surface area contributed by atoms with E-state index in [9.17, 15) is 14.7 Å². The molecule has 3 heterocycles. The van der Waals surface area contributed by atoms with Crippen LogP contribution in [0, 0.1) is 11.3 Å². The number of thiophene rings is 1. The van der Waals surface area contributed by atoms with Gasteiger partial charge in [0.2, 0.25) is 0 Å². The van der Waals surface area contributed by atoms with Crippen LogP contribution in [-0.4, -0.2) is 59.0 Å². The Bertz CT molecular complexity index is 626. The molecular weight excluding hydrogens is 324 g/mol. The number of nitrogens with zero attached hydrogens (tertiary/aromatic N) is 2. The number of amides is 1. The monoisotopic (exact) mass is 348 g/mol. The Morgan fingerprint density at radius 1 is 1.17 bits per heavy atom. The van der Waals surface area contributed by atoms with Crippen molar-refractivity contribution in [2.45, 2.75) is 38.1 Å². The second-order valence-corrected chi connectivity index (χ2v) is 8.49. The van der Waals surface area contributed by atoms with Gasteiger partial charge in [-0.25, -0.2) is 0 Å². The Balaban J connectivity index is 1.51. The van der Waals surface area contributed by atoms with Crippen LogP contribution >= 0.6 is 11.3 Å². The van der Waals surface area contributed by atoms with E-state index in [0.717, 1.165) is 6.54 Å². The maximum atomic E-state index is 12.6. The summed E-state index contributed by atoms with van der Waals surface area (Å²) in [4.78, 5) is 29.6. The third kappa shape index (κ3) is 2.56. The quantitative estimate of drug-likeness (QED) is 0.912. The molecule has 2 aliphatic heterocycles. The molecule has 24 heavy (non-hydrogen) atoms. The van der Waals surface area contributed by atoms with Gasteiger partial charge >= 0.3 is 5.97 Å². The summed E-state index contributed by atoms with van der Waals surface area (Å²) < 4.78 is 0. The first-order valence-electron chi connectivity index (χ1n) is 8.90. The summed E-state index contributed by atoms with van der Waals surface area (Å²) in [7, 11) is 0. The standard InChI is InChI=1S/C18H24N2O3S/c21-16(15-7-4-8-24-15)20-10-13-9-19(14-5-2-1-3-6-14)11-18(13,12-20)17(22)23/h4,7-8,13-14H,1-3,5-6,9-12H2,(H,22,23)/t13-,18-/m1/s1. The number of carboxylic acid groups (broad SMARTS) is 1. The summed E-state index contributed by atoms with van der Waals surface area (Å²) in [6, 6.07) is 4.23. The normalized spacial score (nSPS) is 31.3. The summed E-state index contributed by atoms with van der Waals surface area (Å²) in [5.74, 6) is -0.683. The van der Waals surface area contributed by atoms with E-state index >= 15 is 0 Å². The molecule has 3 aliphatic rings. The Labute approximate surface area is 146 Å². The van der Waals surface area contributed by atoms with Crippen LogP contribution in [0.5, 0.6) is 0 Å². The first kappa shape index (κ1) is 16.1. The molecule has 0 spiro atoms. The molecule has 1 aliphatic carbocycles. The molecule has 1 N–H and O–H groups in total. The van der Waals surface area contributed by atoms with Crippen molar-refractivity contribution in [1.82, 2.24) is 9.80 Å². The number of carbonyl (C=O) groups is 2. The van der Waals surface area contributed by atoms with Gasteiger partial charge in [0.15, 0.2) is 0 Å². The van der Waals surface area contributed by atoms with Crippen LogP contribution in [0.15, 0.2) is 17.5 Å². The number of hydrogen-bond acceptors (Lipinski definition) is 4. The number of rotatable bonds is 3. The zero-order chi connectivity index (χ0) is 16.7. The predicted molar refractivity (Wildman–Crippen MR) is 92.2 cm³/mol. The molecule has 3 fully saturated rings. The second-order valence-electron chi connectivity index (χ2n) is 7.54. The maximum absolute atomic E-state index is 12.6. The summed E-state index contributed by atoms with van der Waals surface area (Å²) in [6.07, 6.45) is 6.21. The van der Waals surface area contributed by atoms with Gasteiger partial charge in [-0.15, -0.1) is 11.3 Å². The average molecular weight is 348 g/mol. The van der Waals surface area contributed by atoms with E-state index in [1.54, 1.807) is 4.90 Å². The molecule has 0 unspecified atom stereocenters. The van der Waals surface area contributed by atoms with Crippen molar-refractivity contribution < 1.29 is 14.7 Å². The third-order valence-corrected chi connectivity index (χ3v) is 7.03. The lowest BCUT2D eigenvalue weighted by Crippen LogP contribution is -2.44. The van der Waals surface area contributed by atoms with Gasteiger partial charge in [0, 0.05) is 38.1 Å². The highest BCUT2D eigenvalue weighted by atomic mass is 32.1. The minimum absolute atomic E-state index is 0.00996. The van der Waals surface area contributed by atoms with E-state index in [4.69, 9.17) is 0 Å². The van der Waals surface area contributed by atoms with Gasteiger partial charge in [-0.1, -0.05) is 25.3 Å². The molecule has 5 nitrogen and oxygen atoms in total. The van der Waals surface area contributed by atoms with E-state index in [0.29, 0.717) is 30.6 Å². The second kappa shape index (κ2) is 6.15. The lowest BCUT2D eigenvalue weighted by atomic mass is 9.81. The van der Waals surface area contributed by atoms with Crippen molar-refractivity contribution in [2.75, 3.05) is 26.2 Å². The first-order chi connectivity index (χ1) is 11.6. The summed E-state index contributed by atoms with van der Waals surface area (Å²) in [6.45, 7) is 2.36. The minimum Gasteiger partial charge on any atom is -0.481 e. The molecule has 1 amide bonds. The van der Waals surface area contributed by atoms with Crippen LogP contribution in [-0.2, 0) is 4.79 Å². The van der Waals surface area contributed by atoms with Gasteiger partial charge in [-0.05, 0) is 24.3 Å². The van der Waals surface area contributed by atoms with Gasteiger partial charge in [-0.3, -0.25) is 14.5 Å². The maximum Gasteiger partial charge on any atom is 0.313 e. The Morgan fingerprint density at radius 3 is 2.58 bits per heavy atom. The number of carboxylic acids is 1. The Kier molecular flexibility index (Phi) is 4.12. The van der Waals surface area contributed by atoms with Gasteiger partial charge in [0.25, 0.3) is 5.91 Å². The minimum atomic E-state index is -0.773. The van der Waals surface area contributed by atoms with Crippen molar-refractivity contribution in [3.8, 4) is 0 Å². The third-order valence-electron chi connectivity index (χ3n) is 6.17. The molecule has 0 aromatic carbocycles. The fourth-order valence-electron chi connectivity index (χ4n) is 4.84. The molecule has 1 aromatic rings. The van der Waals surface area contributed by atoms with Crippen LogP contribution in [0.3, 0.4) is 0 Å². The van der Waals surface area contributed by atoms with Crippen molar-refractivity contribution >= 4 is 23.2 Å². The average Bonchev–Trinajstić information content (AvgIpc) is 3.29. The van der Waals surface area contributed by atoms with Crippen molar-refractivity contribution in [2.24, 2.45) is 11.3 Å². The van der Waals surface area contributed by atoms with Gasteiger partial charge in [0.1, 0.15) is 5.41 Å². The fourth-order valence-corrected chi connectivity index (χ4v) is 5.53. The van der Waals surface area contributed by atoms with Crippen molar-refractivity contribution in [3.63, 3.8) is 0 Å². The van der Waals surface area contributed by atoms with E-state index < -0.39 is 11.4 Å². The van der Waals surface area contributed by atoms with Crippen molar-refractivity contribution in [1.29, 1.82) is 0 Å². The number of likely N-dealkylation sites (tertiary alicyclic amines) is 2. The molecule has 1 saturated carbocycles. The smallest absolute Gasteiger partial charge is 0.313 e. The first-order valence-corrected chi connectivity index (χ1v) is 9.78.